The first-order chi connectivity index (χ1) is 11.4. The molecule has 1 amide bonds. The summed E-state index contributed by atoms with van der Waals surface area (Å²) in [6.07, 6.45) is 1.76. The average Bonchev–Trinajstić information content (AvgIpc) is 2.90. The fraction of sp³-hybridized carbons (Fsp3) is 0.353. The molecule has 0 radical (unpaired) electrons. The molecule has 1 aromatic heterocycles. The van der Waals surface area contributed by atoms with Gasteiger partial charge >= 0.3 is 5.97 Å². The molecular formula is C17H19FN2O3S. The Hall–Kier alpha value is -2.28. The maximum atomic E-state index is 13.0. The van der Waals surface area contributed by atoms with Gasteiger partial charge in [0.2, 0.25) is 0 Å². The minimum absolute atomic E-state index is 0.0692. The Morgan fingerprint density at radius 2 is 2.00 bits per heavy atom. The van der Waals surface area contributed by atoms with E-state index in [1.165, 1.54) is 35.6 Å². The Labute approximate surface area is 143 Å². The predicted molar refractivity (Wildman–Crippen MR) is 90.0 cm³/mol. The molecule has 2 aromatic rings. The number of halogens is 1. The standard InChI is InChI=1S/C17H19FN2O3S/c1-3-4-14-20-10(2)15(24-14)16(21)19-9-13(17(22)23)11-5-7-12(18)8-6-11/h5-8,13H,3-4,9H2,1-2H3,(H,19,21)(H,22,23). The van der Waals surface area contributed by atoms with E-state index in [0.717, 1.165) is 17.8 Å². The van der Waals surface area contributed by atoms with Crippen molar-refractivity contribution >= 4 is 23.2 Å². The molecule has 0 saturated carbocycles. The number of aromatic nitrogens is 1. The summed E-state index contributed by atoms with van der Waals surface area (Å²) in [5.74, 6) is -2.77. The summed E-state index contributed by atoms with van der Waals surface area (Å²) in [5, 5.41) is 12.9. The summed E-state index contributed by atoms with van der Waals surface area (Å²) in [6, 6.07) is 5.24. The van der Waals surface area contributed by atoms with Gasteiger partial charge in [-0.15, -0.1) is 11.3 Å². The van der Waals surface area contributed by atoms with Crippen molar-refractivity contribution in [3.8, 4) is 0 Å². The fourth-order valence-electron chi connectivity index (χ4n) is 2.30. The highest BCUT2D eigenvalue weighted by Crippen LogP contribution is 2.20. The number of thiazole rings is 1. The van der Waals surface area contributed by atoms with E-state index in [1.807, 2.05) is 6.92 Å². The molecule has 0 spiro atoms. The summed E-state index contributed by atoms with van der Waals surface area (Å²) in [4.78, 5) is 28.6. The van der Waals surface area contributed by atoms with Crippen LogP contribution in [0, 0.1) is 12.7 Å². The van der Waals surface area contributed by atoms with Gasteiger partial charge in [0.05, 0.1) is 16.6 Å². The number of aryl methyl sites for hydroxylation is 2. The van der Waals surface area contributed by atoms with E-state index in [0.29, 0.717) is 16.1 Å². The van der Waals surface area contributed by atoms with Crippen molar-refractivity contribution in [2.75, 3.05) is 6.54 Å². The number of nitrogens with one attached hydrogen (secondary N) is 1. The first-order valence-corrected chi connectivity index (χ1v) is 8.46. The van der Waals surface area contributed by atoms with Crippen molar-refractivity contribution in [1.29, 1.82) is 0 Å². The highest BCUT2D eigenvalue weighted by atomic mass is 32.1. The second kappa shape index (κ2) is 8.01. The lowest BCUT2D eigenvalue weighted by atomic mass is 9.99. The number of carbonyl (C=O) groups is 2. The molecule has 5 nitrogen and oxygen atoms in total. The highest BCUT2D eigenvalue weighted by Gasteiger charge is 2.22. The SMILES string of the molecule is CCCc1nc(C)c(C(=O)NCC(C(=O)O)c2ccc(F)cc2)s1. The third kappa shape index (κ3) is 4.38. The Bertz CT molecular complexity index is 728. The van der Waals surface area contributed by atoms with E-state index in [2.05, 4.69) is 10.3 Å². The number of carboxylic acids is 1. The molecule has 0 fully saturated rings. The lowest BCUT2D eigenvalue weighted by Crippen LogP contribution is -2.31. The summed E-state index contributed by atoms with van der Waals surface area (Å²) in [5.41, 5.74) is 1.09. The van der Waals surface area contributed by atoms with Crippen molar-refractivity contribution in [2.45, 2.75) is 32.6 Å². The van der Waals surface area contributed by atoms with Crippen molar-refractivity contribution < 1.29 is 19.1 Å². The number of hydrogen-bond donors (Lipinski definition) is 2. The number of carboxylic acid groups (broad SMARTS) is 1. The molecule has 2 rings (SSSR count). The lowest BCUT2D eigenvalue weighted by Gasteiger charge is -2.13. The molecule has 1 atom stereocenters. The first kappa shape index (κ1) is 18.1. The number of aliphatic carboxylic acids is 1. The van der Waals surface area contributed by atoms with Crippen LogP contribution in [0.1, 0.15) is 45.2 Å². The van der Waals surface area contributed by atoms with Crippen LogP contribution < -0.4 is 5.32 Å². The van der Waals surface area contributed by atoms with Crippen LogP contribution in [0.4, 0.5) is 4.39 Å². The van der Waals surface area contributed by atoms with Gasteiger partial charge in [0.1, 0.15) is 10.7 Å². The number of nitrogens with zero attached hydrogens (tertiary/aromatic N) is 1. The minimum atomic E-state index is -1.07. The number of benzene rings is 1. The molecular weight excluding hydrogens is 331 g/mol. The maximum Gasteiger partial charge on any atom is 0.312 e. The van der Waals surface area contributed by atoms with Gasteiger partial charge in [0, 0.05) is 6.54 Å². The Morgan fingerprint density at radius 1 is 1.33 bits per heavy atom. The second-order valence-corrected chi connectivity index (χ2v) is 6.51. The van der Waals surface area contributed by atoms with Crippen LogP contribution in [0.5, 0.6) is 0 Å². The molecule has 0 aliphatic rings. The minimum Gasteiger partial charge on any atom is -0.481 e. The molecule has 0 aliphatic heterocycles. The third-order valence-electron chi connectivity index (χ3n) is 3.55. The quantitative estimate of drug-likeness (QED) is 0.804. The van der Waals surface area contributed by atoms with Crippen molar-refractivity contribution in [3.63, 3.8) is 0 Å². The highest BCUT2D eigenvalue weighted by molar-refractivity contribution is 7.13. The molecule has 7 heteroatoms. The fourth-order valence-corrected chi connectivity index (χ4v) is 3.38. The van der Waals surface area contributed by atoms with Gasteiger partial charge < -0.3 is 10.4 Å². The maximum absolute atomic E-state index is 13.0. The van der Waals surface area contributed by atoms with Gasteiger partial charge in [-0.2, -0.15) is 0 Å². The van der Waals surface area contributed by atoms with E-state index >= 15 is 0 Å². The van der Waals surface area contributed by atoms with Gasteiger partial charge in [-0.3, -0.25) is 9.59 Å². The number of hydrogen-bond acceptors (Lipinski definition) is 4. The summed E-state index contributed by atoms with van der Waals surface area (Å²) in [7, 11) is 0. The van der Waals surface area contributed by atoms with E-state index in [1.54, 1.807) is 6.92 Å². The molecule has 1 heterocycles. The summed E-state index contributed by atoms with van der Waals surface area (Å²) < 4.78 is 13.0. The van der Waals surface area contributed by atoms with Crippen LogP contribution in [-0.4, -0.2) is 28.5 Å². The largest absolute Gasteiger partial charge is 0.481 e. The van der Waals surface area contributed by atoms with E-state index in [-0.39, 0.29) is 12.5 Å². The van der Waals surface area contributed by atoms with Crippen LogP contribution in [0.15, 0.2) is 24.3 Å². The van der Waals surface area contributed by atoms with Crippen LogP contribution in [0.2, 0.25) is 0 Å². The summed E-state index contributed by atoms with van der Waals surface area (Å²) >= 11 is 1.33. The smallest absolute Gasteiger partial charge is 0.312 e. The lowest BCUT2D eigenvalue weighted by molar-refractivity contribution is -0.138. The molecule has 0 saturated heterocycles. The molecule has 2 N–H and O–H groups in total. The normalized spacial score (nSPS) is 12.0. The van der Waals surface area contributed by atoms with E-state index in [4.69, 9.17) is 0 Å². The van der Waals surface area contributed by atoms with Gasteiger partial charge in [-0.25, -0.2) is 9.37 Å². The van der Waals surface area contributed by atoms with Crippen LogP contribution in [0.3, 0.4) is 0 Å². The van der Waals surface area contributed by atoms with E-state index in [9.17, 15) is 19.1 Å². The zero-order valence-electron chi connectivity index (χ0n) is 13.5. The van der Waals surface area contributed by atoms with Crippen LogP contribution >= 0.6 is 11.3 Å². The third-order valence-corrected chi connectivity index (χ3v) is 4.76. The zero-order valence-corrected chi connectivity index (χ0v) is 14.3. The molecule has 1 aromatic carbocycles. The van der Waals surface area contributed by atoms with E-state index < -0.39 is 17.7 Å². The molecule has 128 valence electrons. The van der Waals surface area contributed by atoms with Gasteiger partial charge in [-0.1, -0.05) is 19.1 Å². The zero-order chi connectivity index (χ0) is 17.7. The Kier molecular flexibility index (Phi) is 6.03. The first-order valence-electron chi connectivity index (χ1n) is 7.65. The number of carbonyl (C=O) groups excluding carboxylic acids is 1. The van der Waals surface area contributed by atoms with Crippen LogP contribution in [0.25, 0.3) is 0 Å². The predicted octanol–water partition coefficient (Wildman–Crippen LogP) is 3.14. The van der Waals surface area contributed by atoms with Gasteiger partial charge in [0.15, 0.2) is 0 Å². The number of rotatable bonds is 7. The summed E-state index contributed by atoms with van der Waals surface area (Å²) in [6.45, 7) is 3.73. The molecule has 0 bridgehead atoms. The van der Waals surface area contributed by atoms with Crippen molar-refractivity contribution in [2.24, 2.45) is 0 Å². The Morgan fingerprint density at radius 3 is 2.58 bits per heavy atom. The second-order valence-electron chi connectivity index (χ2n) is 5.42. The van der Waals surface area contributed by atoms with Crippen LogP contribution in [-0.2, 0) is 11.2 Å². The average molecular weight is 350 g/mol. The van der Waals surface area contributed by atoms with Gasteiger partial charge in [0.25, 0.3) is 5.91 Å². The van der Waals surface area contributed by atoms with Gasteiger partial charge in [-0.05, 0) is 37.5 Å². The van der Waals surface area contributed by atoms with Crippen molar-refractivity contribution in [1.82, 2.24) is 10.3 Å². The monoisotopic (exact) mass is 350 g/mol. The van der Waals surface area contributed by atoms with Crippen molar-refractivity contribution in [3.05, 3.63) is 51.2 Å². The molecule has 1 unspecified atom stereocenters. The molecule has 0 aliphatic carbocycles. The topological polar surface area (TPSA) is 79.3 Å². The number of amides is 1. The molecule has 24 heavy (non-hydrogen) atoms. The Balaban J connectivity index is 2.07.